The molecule has 5 heteroatoms. The minimum atomic E-state index is -0.938. The molecule has 5 N–H and O–H groups in total. The summed E-state index contributed by atoms with van der Waals surface area (Å²) in [6.45, 7) is -0.250. The maximum atomic E-state index is 9.36. The summed E-state index contributed by atoms with van der Waals surface area (Å²) in [5.41, 5.74) is 0. The molecule has 0 spiro atoms. The normalized spacial score (nSPS) is 42.0. The summed E-state index contributed by atoms with van der Waals surface area (Å²) < 4.78 is 0. The van der Waals surface area contributed by atoms with Crippen LogP contribution in [0.4, 0.5) is 0 Å². The van der Waals surface area contributed by atoms with Crippen molar-refractivity contribution in [2.75, 3.05) is 13.2 Å². The molecule has 0 unspecified atom stereocenters. The van der Waals surface area contributed by atoms with Gasteiger partial charge in [-0.2, -0.15) is 0 Å². The lowest BCUT2D eigenvalue weighted by Crippen LogP contribution is -2.36. The predicted octanol–water partition coefficient (Wildman–Crippen LogP) is -2.58. The first-order valence-electron chi connectivity index (χ1n) is 4.04. The van der Waals surface area contributed by atoms with Gasteiger partial charge in [0.2, 0.25) is 0 Å². The van der Waals surface area contributed by atoms with E-state index in [9.17, 15) is 10.2 Å². The minimum absolute atomic E-state index is 0.0421. The summed E-state index contributed by atoms with van der Waals surface area (Å²) in [4.78, 5) is 0. The van der Waals surface area contributed by atoms with Gasteiger partial charge in [-0.05, 0) is 6.42 Å². The monoisotopic (exact) mass is 177 g/mol. The highest BCUT2D eigenvalue weighted by Gasteiger charge is 2.39. The highest BCUT2D eigenvalue weighted by Crippen LogP contribution is 2.16. The van der Waals surface area contributed by atoms with Crippen molar-refractivity contribution in [3.63, 3.8) is 0 Å². The highest BCUT2D eigenvalue weighted by molar-refractivity contribution is 4.97. The van der Waals surface area contributed by atoms with E-state index in [0.717, 1.165) is 0 Å². The van der Waals surface area contributed by atoms with Crippen LogP contribution in [-0.2, 0) is 0 Å². The maximum Gasteiger partial charge on any atom is 0.0989 e. The Hall–Kier alpha value is -0.200. The number of hydrogen-bond donors (Lipinski definition) is 5. The number of rotatable bonds is 3. The van der Waals surface area contributed by atoms with E-state index in [0.29, 0.717) is 6.42 Å². The van der Waals surface area contributed by atoms with Gasteiger partial charge in [-0.1, -0.05) is 0 Å². The van der Waals surface area contributed by atoms with Crippen molar-refractivity contribution in [3.05, 3.63) is 0 Å². The zero-order valence-corrected chi connectivity index (χ0v) is 6.72. The topological polar surface area (TPSA) is 93.0 Å². The van der Waals surface area contributed by atoms with Crippen molar-refractivity contribution in [1.29, 1.82) is 0 Å². The molecule has 4 atom stereocenters. The molecule has 0 saturated carbocycles. The van der Waals surface area contributed by atoms with Gasteiger partial charge >= 0.3 is 0 Å². The van der Waals surface area contributed by atoms with Crippen LogP contribution in [0, 0.1) is 0 Å². The van der Waals surface area contributed by atoms with Crippen LogP contribution in [0.15, 0.2) is 0 Å². The Morgan fingerprint density at radius 3 is 2.00 bits per heavy atom. The SMILES string of the molecule is OCC[C@@H]1N[C@H](CO)[C@H](O)[C@H]1O. The summed E-state index contributed by atoms with van der Waals surface area (Å²) in [7, 11) is 0. The fourth-order valence-corrected chi connectivity index (χ4v) is 1.50. The van der Waals surface area contributed by atoms with Gasteiger partial charge in [-0.3, -0.25) is 0 Å². The highest BCUT2D eigenvalue weighted by atomic mass is 16.3. The van der Waals surface area contributed by atoms with Crippen LogP contribution < -0.4 is 5.32 Å². The molecule has 0 aliphatic carbocycles. The molecule has 5 nitrogen and oxygen atoms in total. The van der Waals surface area contributed by atoms with Gasteiger partial charge in [0.05, 0.1) is 24.9 Å². The van der Waals surface area contributed by atoms with Crippen LogP contribution in [0.5, 0.6) is 0 Å². The van der Waals surface area contributed by atoms with Crippen molar-refractivity contribution >= 4 is 0 Å². The summed E-state index contributed by atoms with van der Waals surface area (Å²) >= 11 is 0. The Kier molecular flexibility index (Phi) is 3.42. The van der Waals surface area contributed by atoms with E-state index in [2.05, 4.69) is 5.32 Å². The number of aliphatic hydroxyl groups excluding tert-OH is 4. The van der Waals surface area contributed by atoms with E-state index in [1.165, 1.54) is 0 Å². The van der Waals surface area contributed by atoms with Crippen LogP contribution in [-0.4, -0.2) is 57.9 Å². The standard InChI is InChI=1S/C7H15NO4/c9-2-1-4-6(11)7(12)5(3-10)8-4/h4-12H,1-3H2/t4-,5+,6-,7-/m0/s1. The summed E-state index contributed by atoms with van der Waals surface area (Å²) in [6, 6.07) is -0.793. The molecular weight excluding hydrogens is 162 g/mol. The lowest BCUT2D eigenvalue weighted by molar-refractivity contribution is 0.0172. The van der Waals surface area contributed by atoms with E-state index >= 15 is 0 Å². The van der Waals surface area contributed by atoms with Gasteiger partial charge in [-0.25, -0.2) is 0 Å². The zero-order chi connectivity index (χ0) is 9.14. The molecule has 1 aliphatic heterocycles. The van der Waals surface area contributed by atoms with Crippen molar-refractivity contribution < 1.29 is 20.4 Å². The molecule has 12 heavy (non-hydrogen) atoms. The first-order chi connectivity index (χ1) is 5.70. The van der Waals surface area contributed by atoms with Crippen molar-refractivity contribution in [1.82, 2.24) is 5.32 Å². The third-order valence-electron chi connectivity index (χ3n) is 2.24. The maximum absolute atomic E-state index is 9.36. The fraction of sp³-hybridized carbons (Fsp3) is 1.00. The average Bonchev–Trinajstić information content (AvgIpc) is 2.33. The lowest BCUT2D eigenvalue weighted by atomic mass is 10.1. The van der Waals surface area contributed by atoms with E-state index < -0.39 is 18.2 Å². The molecule has 1 fully saturated rings. The van der Waals surface area contributed by atoms with Gasteiger partial charge in [0.15, 0.2) is 0 Å². The van der Waals surface area contributed by atoms with Gasteiger partial charge in [0.25, 0.3) is 0 Å². The largest absolute Gasteiger partial charge is 0.396 e. The van der Waals surface area contributed by atoms with Crippen molar-refractivity contribution in [3.8, 4) is 0 Å². The van der Waals surface area contributed by atoms with E-state index in [1.807, 2.05) is 0 Å². The van der Waals surface area contributed by atoms with Crippen LogP contribution in [0.1, 0.15) is 6.42 Å². The predicted molar refractivity (Wildman–Crippen MR) is 41.5 cm³/mol. The first-order valence-corrected chi connectivity index (χ1v) is 4.04. The fourth-order valence-electron chi connectivity index (χ4n) is 1.50. The Balaban J connectivity index is 2.48. The molecule has 0 aromatic carbocycles. The van der Waals surface area contributed by atoms with Gasteiger partial charge in [0.1, 0.15) is 0 Å². The molecule has 1 heterocycles. The molecule has 0 bridgehead atoms. The number of nitrogens with one attached hydrogen (secondary N) is 1. The van der Waals surface area contributed by atoms with Crippen LogP contribution >= 0.6 is 0 Å². The third-order valence-corrected chi connectivity index (χ3v) is 2.24. The third kappa shape index (κ3) is 1.75. The van der Waals surface area contributed by atoms with Crippen molar-refractivity contribution in [2.45, 2.75) is 30.7 Å². The smallest absolute Gasteiger partial charge is 0.0989 e. The van der Waals surface area contributed by atoms with Gasteiger partial charge in [0, 0.05) is 12.6 Å². The van der Waals surface area contributed by atoms with Gasteiger partial charge < -0.3 is 25.7 Å². The molecule has 0 aromatic rings. The first kappa shape index (κ1) is 9.88. The average molecular weight is 177 g/mol. The molecule has 72 valence electrons. The summed E-state index contributed by atoms with van der Waals surface area (Å²) in [5.74, 6) is 0. The Morgan fingerprint density at radius 2 is 1.58 bits per heavy atom. The second-order valence-electron chi connectivity index (χ2n) is 3.06. The Morgan fingerprint density at radius 1 is 1.00 bits per heavy atom. The molecular formula is C7H15NO4. The van der Waals surface area contributed by atoms with E-state index in [1.54, 1.807) is 0 Å². The lowest BCUT2D eigenvalue weighted by Gasteiger charge is -2.13. The molecule has 0 radical (unpaired) electrons. The number of aliphatic hydroxyl groups is 4. The van der Waals surface area contributed by atoms with Crippen LogP contribution in [0.3, 0.4) is 0 Å². The van der Waals surface area contributed by atoms with Gasteiger partial charge in [-0.15, -0.1) is 0 Å². The van der Waals surface area contributed by atoms with E-state index in [-0.39, 0.29) is 19.3 Å². The molecule has 1 saturated heterocycles. The van der Waals surface area contributed by atoms with Crippen molar-refractivity contribution in [2.24, 2.45) is 0 Å². The number of hydrogen-bond acceptors (Lipinski definition) is 5. The second kappa shape index (κ2) is 4.15. The van der Waals surface area contributed by atoms with Crippen LogP contribution in [0.25, 0.3) is 0 Å². The molecule has 0 aromatic heterocycles. The molecule has 0 amide bonds. The quantitative estimate of drug-likeness (QED) is 0.326. The Labute approximate surface area is 70.6 Å². The zero-order valence-electron chi connectivity index (χ0n) is 6.72. The van der Waals surface area contributed by atoms with E-state index in [4.69, 9.17) is 10.2 Å². The summed E-state index contributed by atoms with van der Waals surface area (Å²) in [5, 5.41) is 38.8. The Bertz CT molecular complexity index is 143. The van der Waals surface area contributed by atoms with Crippen LogP contribution in [0.2, 0.25) is 0 Å². The second-order valence-corrected chi connectivity index (χ2v) is 3.06. The molecule has 1 rings (SSSR count). The molecule has 1 aliphatic rings. The summed E-state index contributed by atoms with van der Waals surface area (Å²) in [6.07, 6.45) is -1.45. The minimum Gasteiger partial charge on any atom is -0.396 e.